The van der Waals surface area contributed by atoms with Crippen molar-refractivity contribution in [2.45, 2.75) is 26.4 Å². The van der Waals surface area contributed by atoms with Gasteiger partial charge in [0.1, 0.15) is 5.69 Å². The SMILES string of the molecule is CC(C)Oc1ncccc1NC(=O)CCN. The summed E-state index contributed by atoms with van der Waals surface area (Å²) in [7, 11) is 0. The van der Waals surface area contributed by atoms with Crippen molar-refractivity contribution in [3.8, 4) is 5.88 Å². The highest BCUT2D eigenvalue weighted by molar-refractivity contribution is 5.91. The molecule has 1 amide bonds. The minimum absolute atomic E-state index is 0.0139. The molecule has 0 atom stereocenters. The molecule has 0 radical (unpaired) electrons. The molecule has 88 valence electrons. The number of ether oxygens (including phenoxy) is 1. The summed E-state index contributed by atoms with van der Waals surface area (Å²) >= 11 is 0. The molecule has 1 aromatic heterocycles. The van der Waals surface area contributed by atoms with Gasteiger partial charge >= 0.3 is 0 Å². The zero-order chi connectivity index (χ0) is 12.0. The monoisotopic (exact) mass is 223 g/mol. The van der Waals surface area contributed by atoms with Gasteiger partial charge in [0.05, 0.1) is 6.10 Å². The van der Waals surface area contributed by atoms with Crippen LogP contribution in [0.1, 0.15) is 20.3 Å². The van der Waals surface area contributed by atoms with E-state index < -0.39 is 0 Å². The maximum atomic E-state index is 11.4. The normalized spacial score (nSPS) is 10.2. The zero-order valence-electron chi connectivity index (χ0n) is 9.56. The third kappa shape index (κ3) is 3.86. The van der Waals surface area contributed by atoms with Crippen LogP contribution < -0.4 is 15.8 Å². The van der Waals surface area contributed by atoms with Crippen molar-refractivity contribution < 1.29 is 9.53 Å². The van der Waals surface area contributed by atoms with Crippen LogP contribution in [-0.2, 0) is 4.79 Å². The van der Waals surface area contributed by atoms with E-state index in [-0.39, 0.29) is 18.4 Å². The minimum Gasteiger partial charge on any atom is -0.473 e. The molecule has 0 fully saturated rings. The molecule has 5 nitrogen and oxygen atoms in total. The fourth-order valence-electron chi connectivity index (χ4n) is 1.15. The Morgan fingerprint density at radius 2 is 2.38 bits per heavy atom. The number of hydrogen-bond donors (Lipinski definition) is 2. The first-order chi connectivity index (χ1) is 7.63. The lowest BCUT2D eigenvalue weighted by Gasteiger charge is -2.13. The molecule has 1 heterocycles. The minimum atomic E-state index is -0.135. The number of carbonyl (C=O) groups excluding carboxylic acids is 1. The summed E-state index contributed by atoms with van der Waals surface area (Å²) in [6, 6.07) is 3.49. The van der Waals surface area contributed by atoms with Gasteiger partial charge in [-0.1, -0.05) is 0 Å². The predicted octanol–water partition coefficient (Wildman–Crippen LogP) is 1.16. The van der Waals surface area contributed by atoms with Gasteiger partial charge in [-0.2, -0.15) is 0 Å². The molecule has 1 rings (SSSR count). The summed E-state index contributed by atoms with van der Waals surface area (Å²) in [6.07, 6.45) is 1.92. The molecule has 3 N–H and O–H groups in total. The van der Waals surface area contributed by atoms with Gasteiger partial charge in [0.2, 0.25) is 11.8 Å². The number of nitrogens with one attached hydrogen (secondary N) is 1. The molecule has 5 heteroatoms. The van der Waals surface area contributed by atoms with Gasteiger partial charge < -0.3 is 15.8 Å². The van der Waals surface area contributed by atoms with Crippen molar-refractivity contribution in [1.82, 2.24) is 4.98 Å². The van der Waals surface area contributed by atoms with E-state index in [1.165, 1.54) is 0 Å². The molecule has 0 aliphatic heterocycles. The predicted molar refractivity (Wildman–Crippen MR) is 62.3 cm³/mol. The Labute approximate surface area is 95.0 Å². The Morgan fingerprint density at radius 1 is 1.62 bits per heavy atom. The molecular formula is C11H17N3O2. The number of rotatable bonds is 5. The first kappa shape index (κ1) is 12.4. The summed E-state index contributed by atoms with van der Waals surface area (Å²) in [5, 5.41) is 2.71. The van der Waals surface area contributed by atoms with E-state index in [2.05, 4.69) is 10.3 Å². The van der Waals surface area contributed by atoms with E-state index in [4.69, 9.17) is 10.5 Å². The first-order valence-electron chi connectivity index (χ1n) is 5.25. The Morgan fingerprint density at radius 3 is 3.00 bits per heavy atom. The van der Waals surface area contributed by atoms with Gasteiger partial charge in [0, 0.05) is 19.2 Å². The van der Waals surface area contributed by atoms with Crippen molar-refractivity contribution in [2.24, 2.45) is 5.73 Å². The smallest absolute Gasteiger partial charge is 0.238 e. The molecule has 0 aliphatic carbocycles. The third-order valence-electron chi connectivity index (χ3n) is 1.76. The van der Waals surface area contributed by atoms with Crippen LogP contribution >= 0.6 is 0 Å². The maximum absolute atomic E-state index is 11.4. The van der Waals surface area contributed by atoms with Crippen molar-refractivity contribution in [2.75, 3.05) is 11.9 Å². The van der Waals surface area contributed by atoms with Gasteiger partial charge in [-0.05, 0) is 26.0 Å². The Bertz CT molecular complexity index is 353. The van der Waals surface area contributed by atoms with Gasteiger partial charge in [0.25, 0.3) is 0 Å². The van der Waals surface area contributed by atoms with E-state index in [0.717, 1.165) is 0 Å². The van der Waals surface area contributed by atoms with Gasteiger partial charge in [0.15, 0.2) is 0 Å². The number of pyridine rings is 1. The van der Waals surface area contributed by atoms with Crippen LogP contribution in [-0.4, -0.2) is 23.5 Å². The van der Waals surface area contributed by atoms with Gasteiger partial charge in [-0.25, -0.2) is 4.98 Å². The van der Waals surface area contributed by atoms with Crippen LogP contribution in [0.15, 0.2) is 18.3 Å². The van der Waals surface area contributed by atoms with Crippen LogP contribution in [0.4, 0.5) is 5.69 Å². The number of nitrogens with two attached hydrogens (primary N) is 1. The van der Waals surface area contributed by atoms with E-state index in [0.29, 0.717) is 18.1 Å². The lowest BCUT2D eigenvalue weighted by atomic mass is 10.3. The number of hydrogen-bond acceptors (Lipinski definition) is 4. The number of aromatic nitrogens is 1. The molecule has 0 aliphatic rings. The third-order valence-corrected chi connectivity index (χ3v) is 1.76. The van der Waals surface area contributed by atoms with Crippen molar-refractivity contribution in [3.63, 3.8) is 0 Å². The van der Waals surface area contributed by atoms with Crippen molar-refractivity contribution in [3.05, 3.63) is 18.3 Å². The average molecular weight is 223 g/mol. The van der Waals surface area contributed by atoms with Crippen LogP contribution in [0.5, 0.6) is 5.88 Å². The topological polar surface area (TPSA) is 77.2 Å². The number of nitrogens with zero attached hydrogens (tertiary/aromatic N) is 1. The second-order valence-electron chi connectivity index (χ2n) is 3.61. The zero-order valence-corrected chi connectivity index (χ0v) is 9.56. The quantitative estimate of drug-likeness (QED) is 0.785. The first-order valence-corrected chi connectivity index (χ1v) is 5.25. The molecule has 0 bridgehead atoms. The summed E-state index contributed by atoms with van der Waals surface area (Å²) in [6.45, 7) is 4.13. The van der Waals surface area contributed by atoms with Gasteiger partial charge in [-0.3, -0.25) is 4.79 Å². The molecule has 16 heavy (non-hydrogen) atoms. The van der Waals surface area contributed by atoms with Crippen molar-refractivity contribution >= 4 is 11.6 Å². The van der Waals surface area contributed by atoms with E-state index >= 15 is 0 Å². The van der Waals surface area contributed by atoms with E-state index in [9.17, 15) is 4.79 Å². The second-order valence-corrected chi connectivity index (χ2v) is 3.61. The molecule has 0 spiro atoms. The highest BCUT2D eigenvalue weighted by Gasteiger charge is 2.09. The van der Waals surface area contributed by atoms with Crippen molar-refractivity contribution in [1.29, 1.82) is 0 Å². The standard InChI is InChI=1S/C11H17N3O2/c1-8(2)16-11-9(4-3-7-13-11)14-10(15)5-6-12/h3-4,7-8H,5-6,12H2,1-2H3,(H,14,15). The van der Waals surface area contributed by atoms with Crippen LogP contribution in [0.2, 0.25) is 0 Å². The molecule has 0 unspecified atom stereocenters. The van der Waals surface area contributed by atoms with E-state index in [1.807, 2.05) is 13.8 Å². The van der Waals surface area contributed by atoms with Crippen LogP contribution in [0, 0.1) is 0 Å². The lowest BCUT2D eigenvalue weighted by molar-refractivity contribution is -0.116. The maximum Gasteiger partial charge on any atom is 0.238 e. The largest absolute Gasteiger partial charge is 0.473 e. The Kier molecular flexibility index (Phi) is 4.72. The van der Waals surface area contributed by atoms with Gasteiger partial charge in [-0.15, -0.1) is 0 Å². The lowest BCUT2D eigenvalue weighted by Crippen LogP contribution is -2.18. The van der Waals surface area contributed by atoms with Crippen LogP contribution in [0.25, 0.3) is 0 Å². The fourth-order valence-corrected chi connectivity index (χ4v) is 1.15. The highest BCUT2D eigenvalue weighted by atomic mass is 16.5. The second kappa shape index (κ2) is 6.07. The summed E-state index contributed by atoms with van der Waals surface area (Å²) < 4.78 is 5.47. The fraction of sp³-hybridized carbons (Fsp3) is 0.455. The molecular weight excluding hydrogens is 206 g/mol. The van der Waals surface area contributed by atoms with E-state index in [1.54, 1.807) is 18.3 Å². The molecule has 0 aromatic carbocycles. The average Bonchev–Trinajstić information content (AvgIpc) is 2.20. The highest BCUT2D eigenvalue weighted by Crippen LogP contribution is 2.21. The number of anilines is 1. The Balaban J connectivity index is 2.74. The van der Waals surface area contributed by atoms with Crippen LogP contribution in [0.3, 0.4) is 0 Å². The number of amides is 1. The Hall–Kier alpha value is -1.62. The molecule has 1 aromatic rings. The summed E-state index contributed by atoms with van der Waals surface area (Å²) in [5.74, 6) is 0.298. The number of carbonyl (C=O) groups is 1. The summed E-state index contributed by atoms with van der Waals surface area (Å²) in [4.78, 5) is 15.4. The summed E-state index contributed by atoms with van der Waals surface area (Å²) in [5.41, 5.74) is 5.87. The molecule has 0 saturated heterocycles. The molecule has 0 saturated carbocycles.